The van der Waals surface area contributed by atoms with Crippen LogP contribution in [0.1, 0.15) is 17.5 Å². The fourth-order valence-electron chi connectivity index (χ4n) is 3.21. The van der Waals surface area contributed by atoms with Crippen molar-refractivity contribution >= 4 is 23.5 Å². The Kier molecular flexibility index (Phi) is 7.27. The second-order valence-electron chi connectivity index (χ2n) is 6.73. The molecule has 1 amide bonds. The van der Waals surface area contributed by atoms with Crippen LogP contribution in [0, 0.1) is 0 Å². The fraction of sp³-hybridized carbons (Fsp3) is 0.250. The number of rotatable bonds is 7. The van der Waals surface area contributed by atoms with Gasteiger partial charge in [0.2, 0.25) is 0 Å². The first-order chi connectivity index (χ1) is 14.6. The standard InChI is InChI=1S/C24H25NO5/c1-28-21-9-10-22(29-2)20(16-21)8-11-24(27)30-17-23(26)25-14-12-19(13-15-25)18-6-4-3-5-7-18/h3-12,16H,13-15,17H2,1-2H3/b11-8+. The molecule has 0 atom stereocenters. The molecule has 1 aliphatic rings. The van der Waals surface area contributed by atoms with Crippen molar-refractivity contribution in [3.63, 3.8) is 0 Å². The summed E-state index contributed by atoms with van der Waals surface area (Å²) in [5.74, 6) is 0.446. The van der Waals surface area contributed by atoms with E-state index in [1.54, 1.807) is 43.4 Å². The van der Waals surface area contributed by atoms with Crippen LogP contribution in [-0.2, 0) is 14.3 Å². The van der Waals surface area contributed by atoms with Gasteiger partial charge in [-0.1, -0.05) is 36.4 Å². The second-order valence-corrected chi connectivity index (χ2v) is 6.73. The summed E-state index contributed by atoms with van der Waals surface area (Å²) in [7, 11) is 3.11. The summed E-state index contributed by atoms with van der Waals surface area (Å²) in [5.41, 5.74) is 3.08. The lowest BCUT2D eigenvalue weighted by atomic mass is 10.00. The van der Waals surface area contributed by atoms with E-state index in [0.29, 0.717) is 30.2 Å². The predicted molar refractivity (Wildman–Crippen MR) is 115 cm³/mol. The number of hydrogen-bond donors (Lipinski definition) is 0. The molecule has 2 aromatic rings. The molecule has 0 spiro atoms. The average molecular weight is 407 g/mol. The quantitative estimate of drug-likeness (QED) is 0.519. The number of ether oxygens (including phenoxy) is 3. The highest BCUT2D eigenvalue weighted by Crippen LogP contribution is 2.25. The van der Waals surface area contributed by atoms with Gasteiger partial charge in [0.15, 0.2) is 6.61 Å². The summed E-state index contributed by atoms with van der Waals surface area (Å²) >= 11 is 0. The van der Waals surface area contributed by atoms with Gasteiger partial charge in [0.1, 0.15) is 11.5 Å². The summed E-state index contributed by atoms with van der Waals surface area (Å²) in [6.45, 7) is 0.832. The van der Waals surface area contributed by atoms with Crippen LogP contribution in [0.15, 0.2) is 60.7 Å². The van der Waals surface area contributed by atoms with Crippen LogP contribution in [0.2, 0.25) is 0 Å². The molecule has 0 saturated heterocycles. The van der Waals surface area contributed by atoms with E-state index in [4.69, 9.17) is 14.2 Å². The number of nitrogens with zero attached hydrogens (tertiary/aromatic N) is 1. The van der Waals surface area contributed by atoms with Crippen LogP contribution in [-0.4, -0.2) is 50.7 Å². The minimum Gasteiger partial charge on any atom is -0.497 e. The third-order valence-corrected chi connectivity index (χ3v) is 4.88. The largest absolute Gasteiger partial charge is 0.497 e. The first-order valence-corrected chi connectivity index (χ1v) is 9.70. The Balaban J connectivity index is 1.51. The molecule has 2 aromatic carbocycles. The first-order valence-electron chi connectivity index (χ1n) is 9.70. The van der Waals surface area contributed by atoms with Crippen molar-refractivity contribution in [2.75, 3.05) is 33.9 Å². The Hall–Kier alpha value is -3.54. The van der Waals surface area contributed by atoms with Gasteiger partial charge >= 0.3 is 5.97 Å². The fourth-order valence-corrected chi connectivity index (χ4v) is 3.21. The van der Waals surface area contributed by atoms with Gasteiger partial charge < -0.3 is 19.1 Å². The molecule has 0 N–H and O–H groups in total. The molecular formula is C24H25NO5. The van der Waals surface area contributed by atoms with E-state index in [2.05, 4.69) is 12.1 Å². The summed E-state index contributed by atoms with van der Waals surface area (Å²) in [6, 6.07) is 15.4. The Labute approximate surface area is 176 Å². The Morgan fingerprint density at radius 2 is 1.87 bits per heavy atom. The zero-order chi connectivity index (χ0) is 21.3. The van der Waals surface area contributed by atoms with Crippen molar-refractivity contribution < 1.29 is 23.8 Å². The van der Waals surface area contributed by atoms with E-state index >= 15 is 0 Å². The Bertz CT molecular complexity index is 949. The lowest BCUT2D eigenvalue weighted by Gasteiger charge is -2.26. The van der Waals surface area contributed by atoms with E-state index in [-0.39, 0.29) is 12.5 Å². The Morgan fingerprint density at radius 3 is 2.53 bits per heavy atom. The molecule has 0 aromatic heterocycles. The highest BCUT2D eigenvalue weighted by molar-refractivity contribution is 5.90. The molecule has 0 aliphatic carbocycles. The van der Waals surface area contributed by atoms with Crippen molar-refractivity contribution in [2.24, 2.45) is 0 Å². The van der Waals surface area contributed by atoms with Crippen molar-refractivity contribution in [1.82, 2.24) is 4.90 Å². The summed E-state index contributed by atoms with van der Waals surface area (Å²) in [6.07, 6.45) is 5.67. The molecule has 0 unspecified atom stereocenters. The van der Waals surface area contributed by atoms with Crippen LogP contribution in [0.4, 0.5) is 0 Å². The van der Waals surface area contributed by atoms with E-state index in [0.717, 1.165) is 6.42 Å². The minimum absolute atomic E-state index is 0.209. The molecule has 1 aliphatic heterocycles. The van der Waals surface area contributed by atoms with Gasteiger partial charge in [0, 0.05) is 24.7 Å². The maximum Gasteiger partial charge on any atom is 0.331 e. The molecule has 0 fully saturated rings. The van der Waals surface area contributed by atoms with Crippen LogP contribution >= 0.6 is 0 Å². The number of esters is 1. The van der Waals surface area contributed by atoms with Crippen molar-refractivity contribution in [1.29, 1.82) is 0 Å². The maximum atomic E-state index is 12.4. The summed E-state index contributed by atoms with van der Waals surface area (Å²) < 4.78 is 15.6. The van der Waals surface area contributed by atoms with E-state index in [1.165, 1.54) is 17.2 Å². The van der Waals surface area contributed by atoms with Gasteiger partial charge in [-0.3, -0.25) is 4.79 Å². The third kappa shape index (κ3) is 5.50. The molecule has 156 valence electrons. The monoisotopic (exact) mass is 407 g/mol. The minimum atomic E-state index is -0.592. The van der Waals surface area contributed by atoms with Crippen molar-refractivity contribution in [2.45, 2.75) is 6.42 Å². The highest BCUT2D eigenvalue weighted by atomic mass is 16.5. The van der Waals surface area contributed by atoms with Gasteiger partial charge in [0.25, 0.3) is 5.91 Å². The van der Waals surface area contributed by atoms with Crippen LogP contribution < -0.4 is 9.47 Å². The number of hydrogen-bond acceptors (Lipinski definition) is 5. The normalized spacial score (nSPS) is 13.7. The van der Waals surface area contributed by atoms with Gasteiger partial charge in [-0.25, -0.2) is 4.79 Å². The molecule has 30 heavy (non-hydrogen) atoms. The highest BCUT2D eigenvalue weighted by Gasteiger charge is 2.18. The van der Waals surface area contributed by atoms with Crippen LogP contribution in [0.25, 0.3) is 11.6 Å². The zero-order valence-corrected chi connectivity index (χ0v) is 17.2. The number of amides is 1. The average Bonchev–Trinajstić information content (AvgIpc) is 2.81. The van der Waals surface area contributed by atoms with Gasteiger partial charge in [-0.15, -0.1) is 0 Å². The first kappa shape index (κ1) is 21.2. The molecule has 3 rings (SSSR count). The third-order valence-electron chi connectivity index (χ3n) is 4.88. The van der Waals surface area contributed by atoms with Gasteiger partial charge in [-0.2, -0.15) is 0 Å². The molecule has 6 nitrogen and oxygen atoms in total. The van der Waals surface area contributed by atoms with E-state index < -0.39 is 5.97 Å². The Morgan fingerprint density at radius 1 is 1.07 bits per heavy atom. The number of benzene rings is 2. The molecule has 0 radical (unpaired) electrons. The topological polar surface area (TPSA) is 65.1 Å². The summed E-state index contributed by atoms with van der Waals surface area (Å²) in [5, 5.41) is 0. The van der Waals surface area contributed by atoms with Gasteiger partial charge in [-0.05, 0) is 41.8 Å². The zero-order valence-electron chi connectivity index (χ0n) is 17.2. The van der Waals surface area contributed by atoms with Crippen LogP contribution in [0.5, 0.6) is 11.5 Å². The number of methoxy groups -OCH3 is 2. The van der Waals surface area contributed by atoms with Gasteiger partial charge in [0.05, 0.1) is 14.2 Å². The smallest absolute Gasteiger partial charge is 0.331 e. The van der Waals surface area contributed by atoms with Crippen molar-refractivity contribution in [3.8, 4) is 11.5 Å². The number of carbonyl (C=O) groups is 2. The molecule has 0 saturated carbocycles. The molecule has 6 heteroatoms. The van der Waals surface area contributed by atoms with E-state index in [9.17, 15) is 9.59 Å². The second kappa shape index (κ2) is 10.3. The molecular weight excluding hydrogens is 382 g/mol. The van der Waals surface area contributed by atoms with Crippen LogP contribution in [0.3, 0.4) is 0 Å². The lowest BCUT2D eigenvalue weighted by molar-refractivity contribution is -0.147. The predicted octanol–water partition coefficient (Wildman–Crippen LogP) is 3.58. The summed E-state index contributed by atoms with van der Waals surface area (Å²) in [4.78, 5) is 26.1. The molecule has 0 bridgehead atoms. The molecule has 1 heterocycles. The lowest BCUT2D eigenvalue weighted by Crippen LogP contribution is -2.37. The SMILES string of the molecule is COc1ccc(OC)c(/C=C/C(=O)OCC(=O)N2CC=C(c3ccccc3)CC2)c1. The van der Waals surface area contributed by atoms with E-state index in [1.807, 2.05) is 24.3 Å². The van der Waals surface area contributed by atoms with Crippen molar-refractivity contribution in [3.05, 3.63) is 71.8 Å². The maximum absolute atomic E-state index is 12.4. The number of carbonyl (C=O) groups excluding carboxylic acids is 2.